The van der Waals surface area contributed by atoms with Crippen LogP contribution in [0.25, 0.3) is 5.69 Å². The van der Waals surface area contributed by atoms with E-state index in [0.717, 1.165) is 49.2 Å². The van der Waals surface area contributed by atoms with Crippen LogP contribution in [0.3, 0.4) is 0 Å². The van der Waals surface area contributed by atoms with E-state index in [1.54, 1.807) is 10.9 Å². The molecule has 1 aromatic heterocycles. The van der Waals surface area contributed by atoms with E-state index in [-0.39, 0.29) is 18.3 Å². The molecule has 0 atom stereocenters. The van der Waals surface area contributed by atoms with Crippen molar-refractivity contribution in [3.63, 3.8) is 0 Å². The molecule has 1 aromatic carbocycles. The zero-order valence-electron chi connectivity index (χ0n) is 14.3. The maximum atomic E-state index is 12.7. The standard InChI is InChI=1S/C18H23BrN4O.ClH/c1-2-20-11-14-6-8-22(9-7-14)18(24)15-12-21-23(13-15)17-5-3-4-16(19)10-17;/h3-5,10,12-14,20H,2,6-9,11H2,1H3;1H. The van der Waals surface area contributed by atoms with Crippen LogP contribution in [0, 0.1) is 5.92 Å². The third-order valence-corrected chi connectivity index (χ3v) is 4.98. The summed E-state index contributed by atoms with van der Waals surface area (Å²) in [5, 5.41) is 7.74. The van der Waals surface area contributed by atoms with Crippen molar-refractivity contribution in [2.45, 2.75) is 19.8 Å². The van der Waals surface area contributed by atoms with Crippen molar-refractivity contribution in [1.29, 1.82) is 0 Å². The molecule has 1 N–H and O–H groups in total. The average molecular weight is 428 g/mol. The van der Waals surface area contributed by atoms with E-state index in [1.165, 1.54) is 0 Å². The summed E-state index contributed by atoms with van der Waals surface area (Å²) in [5.74, 6) is 0.761. The highest BCUT2D eigenvalue weighted by Crippen LogP contribution is 2.19. The van der Waals surface area contributed by atoms with E-state index in [2.05, 4.69) is 33.3 Å². The number of hydrogen-bond donors (Lipinski definition) is 1. The van der Waals surface area contributed by atoms with Gasteiger partial charge in [0.2, 0.25) is 0 Å². The fraction of sp³-hybridized carbons (Fsp3) is 0.444. The first-order chi connectivity index (χ1) is 11.7. The molecule has 1 aliphatic rings. The predicted octanol–water partition coefficient (Wildman–Crippen LogP) is 3.52. The van der Waals surface area contributed by atoms with Crippen molar-refractivity contribution < 1.29 is 4.79 Å². The molecular formula is C18H24BrClN4O. The van der Waals surface area contributed by atoms with Gasteiger partial charge in [-0.25, -0.2) is 4.68 Å². The lowest BCUT2D eigenvalue weighted by Gasteiger charge is -2.31. The van der Waals surface area contributed by atoms with Crippen LogP contribution in [0.5, 0.6) is 0 Å². The molecule has 0 bridgehead atoms. The number of carbonyl (C=O) groups excluding carboxylic acids is 1. The summed E-state index contributed by atoms with van der Waals surface area (Å²) in [7, 11) is 0. The second-order valence-corrected chi connectivity index (χ2v) is 7.11. The molecule has 2 heterocycles. The highest BCUT2D eigenvalue weighted by atomic mass is 79.9. The zero-order chi connectivity index (χ0) is 16.9. The smallest absolute Gasteiger partial charge is 0.257 e. The molecule has 7 heteroatoms. The Morgan fingerprint density at radius 1 is 1.36 bits per heavy atom. The normalized spacial score (nSPS) is 15.0. The molecule has 1 saturated heterocycles. The minimum absolute atomic E-state index is 0. The quantitative estimate of drug-likeness (QED) is 0.794. The monoisotopic (exact) mass is 426 g/mol. The number of aromatic nitrogens is 2. The van der Waals surface area contributed by atoms with Crippen LogP contribution in [-0.4, -0.2) is 46.8 Å². The van der Waals surface area contributed by atoms with Crippen LogP contribution in [0.4, 0.5) is 0 Å². The van der Waals surface area contributed by atoms with Gasteiger partial charge in [-0.05, 0) is 50.0 Å². The molecule has 5 nitrogen and oxygen atoms in total. The van der Waals surface area contributed by atoms with Gasteiger partial charge >= 0.3 is 0 Å². The Morgan fingerprint density at radius 3 is 2.80 bits per heavy atom. The van der Waals surface area contributed by atoms with E-state index >= 15 is 0 Å². The Labute approximate surface area is 163 Å². The van der Waals surface area contributed by atoms with Crippen molar-refractivity contribution in [1.82, 2.24) is 20.0 Å². The molecule has 1 amide bonds. The number of nitrogens with zero attached hydrogens (tertiary/aromatic N) is 3. The Kier molecular flexibility index (Phi) is 7.47. The molecule has 0 spiro atoms. The molecular weight excluding hydrogens is 404 g/mol. The maximum Gasteiger partial charge on any atom is 0.257 e. The van der Waals surface area contributed by atoms with Gasteiger partial charge in [-0.3, -0.25) is 4.79 Å². The number of hydrogen-bond acceptors (Lipinski definition) is 3. The molecule has 0 aliphatic carbocycles. The Bertz CT molecular complexity index is 698. The number of benzene rings is 1. The lowest BCUT2D eigenvalue weighted by Crippen LogP contribution is -2.40. The van der Waals surface area contributed by atoms with Gasteiger partial charge in [-0.2, -0.15) is 5.10 Å². The predicted molar refractivity (Wildman–Crippen MR) is 106 cm³/mol. The fourth-order valence-corrected chi connectivity index (χ4v) is 3.45. The van der Waals surface area contributed by atoms with Gasteiger partial charge in [0.1, 0.15) is 0 Å². The summed E-state index contributed by atoms with van der Waals surface area (Å²) in [6.45, 7) is 5.85. The number of carbonyl (C=O) groups is 1. The molecule has 25 heavy (non-hydrogen) atoms. The number of piperidine rings is 1. The first-order valence-corrected chi connectivity index (χ1v) is 9.27. The fourth-order valence-electron chi connectivity index (χ4n) is 3.06. The number of amides is 1. The topological polar surface area (TPSA) is 50.2 Å². The summed E-state index contributed by atoms with van der Waals surface area (Å²) >= 11 is 3.46. The van der Waals surface area contributed by atoms with Crippen LogP contribution < -0.4 is 5.32 Å². The lowest BCUT2D eigenvalue weighted by molar-refractivity contribution is 0.0690. The van der Waals surface area contributed by atoms with Crippen LogP contribution >= 0.6 is 28.3 Å². The van der Waals surface area contributed by atoms with Crippen molar-refractivity contribution in [2.24, 2.45) is 5.92 Å². The second kappa shape index (κ2) is 9.36. The van der Waals surface area contributed by atoms with E-state index < -0.39 is 0 Å². The van der Waals surface area contributed by atoms with Crippen LogP contribution in [0.15, 0.2) is 41.1 Å². The Hall–Kier alpha value is -1.37. The van der Waals surface area contributed by atoms with E-state index in [9.17, 15) is 4.79 Å². The van der Waals surface area contributed by atoms with E-state index in [4.69, 9.17) is 0 Å². The van der Waals surface area contributed by atoms with Crippen molar-refractivity contribution in [3.05, 3.63) is 46.7 Å². The van der Waals surface area contributed by atoms with Gasteiger partial charge in [-0.15, -0.1) is 12.4 Å². The molecule has 1 fully saturated rings. The van der Waals surface area contributed by atoms with E-state index in [1.807, 2.05) is 35.4 Å². The van der Waals surface area contributed by atoms with Crippen molar-refractivity contribution in [3.8, 4) is 5.69 Å². The van der Waals surface area contributed by atoms with Gasteiger partial charge in [0.25, 0.3) is 5.91 Å². The summed E-state index contributed by atoms with van der Waals surface area (Å²) in [4.78, 5) is 14.6. The van der Waals surface area contributed by atoms with Crippen molar-refractivity contribution >= 4 is 34.2 Å². The van der Waals surface area contributed by atoms with Crippen LogP contribution in [-0.2, 0) is 0 Å². The number of likely N-dealkylation sites (tertiary alicyclic amines) is 1. The summed E-state index contributed by atoms with van der Waals surface area (Å²) in [6, 6.07) is 7.88. The zero-order valence-corrected chi connectivity index (χ0v) is 16.7. The first-order valence-electron chi connectivity index (χ1n) is 8.48. The molecule has 0 saturated carbocycles. The number of halogens is 2. The minimum atomic E-state index is 0. The largest absolute Gasteiger partial charge is 0.339 e. The first kappa shape index (κ1) is 19.9. The minimum Gasteiger partial charge on any atom is -0.339 e. The molecule has 2 aromatic rings. The van der Waals surface area contributed by atoms with Gasteiger partial charge in [0, 0.05) is 23.8 Å². The third kappa shape index (κ3) is 5.06. The molecule has 0 unspecified atom stereocenters. The second-order valence-electron chi connectivity index (χ2n) is 6.20. The lowest BCUT2D eigenvalue weighted by atomic mass is 9.96. The Balaban J connectivity index is 0.00000225. The summed E-state index contributed by atoms with van der Waals surface area (Å²) in [5.41, 5.74) is 1.59. The van der Waals surface area contributed by atoms with Gasteiger partial charge < -0.3 is 10.2 Å². The molecule has 136 valence electrons. The highest BCUT2D eigenvalue weighted by molar-refractivity contribution is 9.10. The average Bonchev–Trinajstić information content (AvgIpc) is 3.10. The van der Waals surface area contributed by atoms with Crippen LogP contribution in [0.1, 0.15) is 30.1 Å². The van der Waals surface area contributed by atoms with Gasteiger partial charge in [0.05, 0.1) is 17.4 Å². The number of nitrogens with one attached hydrogen (secondary N) is 1. The highest BCUT2D eigenvalue weighted by Gasteiger charge is 2.24. The summed E-state index contributed by atoms with van der Waals surface area (Å²) < 4.78 is 2.74. The van der Waals surface area contributed by atoms with Crippen LogP contribution in [0.2, 0.25) is 0 Å². The Morgan fingerprint density at radius 2 is 2.12 bits per heavy atom. The van der Waals surface area contributed by atoms with Crippen molar-refractivity contribution in [2.75, 3.05) is 26.2 Å². The third-order valence-electron chi connectivity index (χ3n) is 4.49. The maximum absolute atomic E-state index is 12.7. The van der Waals surface area contributed by atoms with E-state index in [0.29, 0.717) is 11.5 Å². The summed E-state index contributed by atoms with van der Waals surface area (Å²) in [6.07, 6.45) is 5.61. The molecule has 0 radical (unpaired) electrons. The number of rotatable bonds is 5. The molecule has 1 aliphatic heterocycles. The van der Waals surface area contributed by atoms with Gasteiger partial charge in [0.15, 0.2) is 0 Å². The van der Waals surface area contributed by atoms with Gasteiger partial charge in [-0.1, -0.05) is 28.9 Å². The molecule has 3 rings (SSSR count). The SMILES string of the molecule is CCNCC1CCN(C(=O)c2cnn(-c3cccc(Br)c3)c2)CC1.Cl.